The first-order valence-corrected chi connectivity index (χ1v) is 8.68. The van der Waals surface area contributed by atoms with Crippen LogP contribution in [0.3, 0.4) is 0 Å². The molecule has 2 heterocycles. The first kappa shape index (κ1) is 14.1. The van der Waals surface area contributed by atoms with Crippen molar-refractivity contribution >= 4 is 33.2 Å². The highest BCUT2D eigenvalue weighted by molar-refractivity contribution is 9.09. The Labute approximate surface area is 122 Å². The van der Waals surface area contributed by atoms with E-state index in [1.54, 1.807) is 11.3 Å². The highest BCUT2D eigenvalue weighted by Gasteiger charge is 2.25. The van der Waals surface area contributed by atoms with Gasteiger partial charge in [-0.05, 0) is 48.6 Å². The summed E-state index contributed by atoms with van der Waals surface area (Å²) in [6.07, 6.45) is 4.54. The van der Waals surface area contributed by atoms with Crippen molar-refractivity contribution in [3.8, 4) is 0 Å². The molecule has 4 heteroatoms. The van der Waals surface area contributed by atoms with Crippen LogP contribution in [0, 0.1) is 5.92 Å². The lowest BCUT2D eigenvalue weighted by molar-refractivity contribution is 0.0676. The van der Waals surface area contributed by atoms with E-state index in [0.717, 1.165) is 36.1 Å². The molecule has 2 rings (SSSR count). The van der Waals surface area contributed by atoms with Gasteiger partial charge >= 0.3 is 0 Å². The topological polar surface area (TPSA) is 20.3 Å². The number of likely N-dealkylation sites (tertiary alicyclic amines) is 1. The van der Waals surface area contributed by atoms with Gasteiger partial charge in [0.2, 0.25) is 0 Å². The van der Waals surface area contributed by atoms with Crippen LogP contribution in [0.25, 0.3) is 0 Å². The number of nitrogens with zero attached hydrogens (tertiary/aromatic N) is 1. The molecule has 1 fully saturated rings. The molecular weight excluding hydrogens is 310 g/mol. The van der Waals surface area contributed by atoms with Crippen molar-refractivity contribution in [3.63, 3.8) is 0 Å². The molecule has 0 bridgehead atoms. The first-order valence-electron chi connectivity index (χ1n) is 6.67. The molecule has 1 saturated heterocycles. The Morgan fingerprint density at radius 2 is 2.44 bits per heavy atom. The predicted octanol–water partition coefficient (Wildman–Crippen LogP) is 3.95. The molecular formula is C14H20BrNOS. The summed E-state index contributed by atoms with van der Waals surface area (Å²) in [5, 5.41) is 3.07. The molecule has 1 amide bonds. The lowest BCUT2D eigenvalue weighted by Gasteiger charge is -2.32. The molecule has 1 aromatic rings. The fraction of sp³-hybridized carbons (Fsp3) is 0.643. The molecule has 1 aliphatic heterocycles. The van der Waals surface area contributed by atoms with Crippen LogP contribution in [0.1, 0.15) is 41.4 Å². The number of rotatable bonds is 4. The predicted molar refractivity (Wildman–Crippen MR) is 80.7 cm³/mol. The van der Waals surface area contributed by atoms with Gasteiger partial charge in [0.15, 0.2) is 0 Å². The third-order valence-electron chi connectivity index (χ3n) is 3.65. The Bertz CT molecular complexity index is 402. The van der Waals surface area contributed by atoms with Gasteiger partial charge in [-0.25, -0.2) is 0 Å². The minimum Gasteiger partial charge on any atom is -0.338 e. The normalized spacial score (nSPS) is 20.1. The zero-order valence-electron chi connectivity index (χ0n) is 10.8. The Morgan fingerprint density at radius 1 is 1.61 bits per heavy atom. The highest BCUT2D eigenvalue weighted by atomic mass is 79.9. The van der Waals surface area contributed by atoms with Crippen molar-refractivity contribution in [1.29, 1.82) is 0 Å². The molecule has 0 aliphatic carbocycles. The van der Waals surface area contributed by atoms with Crippen LogP contribution in [0.5, 0.6) is 0 Å². The van der Waals surface area contributed by atoms with Gasteiger partial charge < -0.3 is 4.90 Å². The van der Waals surface area contributed by atoms with Gasteiger partial charge in [-0.2, -0.15) is 0 Å². The average molecular weight is 330 g/mol. The van der Waals surface area contributed by atoms with Crippen molar-refractivity contribution in [2.24, 2.45) is 5.92 Å². The third-order valence-corrected chi connectivity index (χ3v) is 5.05. The number of carbonyl (C=O) groups is 1. The second-order valence-corrected chi connectivity index (χ2v) is 6.57. The molecule has 0 saturated carbocycles. The highest BCUT2D eigenvalue weighted by Crippen LogP contribution is 2.25. The number of hydrogen-bond acceptors (Lipinski definition) is 2. The van der Waals surface area contributed by atoms with Crippen molar-refractivity contribution in [2.45, 2.75) is 32.6 Å². The Hall–Kier alpha value is -0.350. The van der Waals surface area contributed by atoms with Gasteiger partial charge in [0.05, 0.1) is 4.88 Å². The van der Waals surface area contributed by atoms with Crippen LogP contribution in [0.2, 0.25) is 0 Å². The van der Waals surface area contributed by atoms with Crippen LogP contribution in [-0.2, 0) is 6.42 Å². The van der Waals surface area contributed by atoms with Crippen molar-refractivity contribution in [3.05, 3.63) is 21.9 Å². The monoisotopic (exact) mass is 329 g/mol. The van der Waals surface area contributed by atoms with Gasteiger partial charge in [0, 0.05) is 18.4 Å². The summed E-state index contributed by atoms with van der Waals surface area (Å²) >= 11 is 5.09. The number of halogens is 1. The zero-order chi connectivity index (χ0) is 13.0. The summed E-state index contributed by atoms with van der Waals surface area (Å²) in [6.45, 7) is 3.98. The molecule has 1 aromatic heterocycles. The maximum absolute atomic E-state index is 12.5. The van der Waals surface area contributed by atoms with Crippen molar-refractivity contribution < 1.29 is 4.79 Å². The fourth-order valence-corrected chi connectivity index (χ4v) is 4.19. The minimum absolute atomic E-state index is 0.251. The van der Waals surface area contributed by atoms with Crippen LogP contribution < -0.4 is 0 Å². The molecule has 18 heavy (non-hydrogen) atoms. The minimum atomic E-state index is 0.251. The van der Waals surface area contributed by atoms with Gasteiger partial charge in [0.1, 0.15) is 0 Å². The smallest absolute Gasteiger partial charge is 0.264 e. The Kier molecular flexibility index (Phi) is 5.25. The summed E-state index contributed by atoms with van der Waals surface area (Å²) in [5.41, 5.74) is 1.20. The van der Waals surface area contributed by atoms with E-state index in [0.29, 0.717) is 5.92 Å². The summed E-state index contributed by atoms with van der Waals surface area (Å²) in [5.74, 6) is 0.924. The van der Waals surface area contributed by atoms with E-state index in [-0.39, 0.29) is 5.91 Å². The molecule has 2 nitrogen and oxygen atoms in total. The SMILES string of the molecule is CCc1ccsc1C(=O)N1CCCC(CCBr)C1. The lowest BCUT2D eigenvalue weighted by Crippen LogP contribution is -2.40. The number of amides is 1. The van der Waals surface area contributed by atoms with E-state index >= 15 is 0 Å². The molecule has 0 radical (unpaired) electrons. The fourth-order valence-electron chi connectivity index (χ4n) is 2.58. The second-order valence-electron chi connectivity index (χ2n) is 4.87. The largest absolute Gasteiger partial charge is 0.338 e. The first-order chi connectivity index (χ1) is 8.76. The van der Waals surface area contributed by atoms with E-state index in [1.807, 2.05) is 5.38 Å². The van der Waals surface area contributed by atoms with Crippen LogP contribution >= 0.6 is 27.3 Å². The quantitative estimate of drug-likeness (QED) is 0.766. The van der Waals surface area contributed by atoms with E-state index in [9.17, 15) is 4.79 Å². The lowest BCUT2D eigenvalue weighted by atomic mass is 9.95. The Morgan fingerprint density at radius 3 is 3.17 bits per heavy atom. The maximum Gasteiger partial charge on any atom is 0.264 e. The molecule has 1 unspecified atom stereocenters. The molecule has 100 valence electrons. The van der Waals surface area contributed by atoms with Gasteiger partial charge in [-0.15, -0.1) is 11.3 Å². The summed E-state index contributed by atoms with van der Waals surface area (Å²) in [7, 11) is 0. The number of aryl methyl sites for hydroxylation is 1. The molecule has 0 spiro atoms. The standard InChI is InChI=1S/C14H20BrNOS/c1-2-12-6-9-18-13(12)14(17)16-8-3-4-11(10-16)5-7-15/h6,9,11H,2-5,7-8,10H2,1H3. The Balaban J connectivity index is 2.04. The van der Waals surface area contributed by atoms with Gasteiger partial charge in [-0.1, -0.05) is 22.9 Å². The maximum atomic E-state index is 12.5. The molecule has 1 atom stereocenters. The zero-order valence-corrected chi connectivity index (χ0v) is 13.2. The third kappa shape index (κ3) is 3.15. The molecule has 0 aromatic carbocycles. The molecule has 0 N–H and O–H groups in total. The van der Waals surface area contributed by atoms with E-state index < -0.39 is 0 Å². The van der Waals surface area contributed by atoms with E-state index in [1.165, 1.54) is 18.4 Å². The second kappa shape index (κ2) is 6.71. The summed E-state index contributed by atoms with van der Waals surface area (Å²) in [6, 6.07) is 2.08. The van der Waals surface area contributed by atoms with Crippen molar-refractivity contribution in [2.75, 3.05) is 18.4 Å². The number of alkyl halides is 1. The van der Waals surface area contributed by atoms with E-state index in [2.05, 4.69) is 33.8 Å². The van der Waals surface area contributed by atoms with Crippen LogP contribution in [-0.4, -0.2) is 29.2 Å². The summed E-state index contributed by atoms with van der Waals surface area (Å²) < 4.78 is 0. The van der Waals surface area contributed by atoms with Crippen molar-refractivity contribution in [1.82, 2.24) is 4.90 Å². The van der Waals surface area contributed by atoms with Gasteiger partial charge in [-0.3, -0.25) is 4.79 Å². The number of hydrogen-bond donors (Lipinski definition) is 0. The average Bonchev–Trinajstić information content (AvgIpc) is 2.87. The van der Waals surface area contributed by atoms with Crippen LogP contribution in [0.4, 0.5) is 0 Å². The number of piperidine rings is 1. The van der Waals surface area contributed by atoms with Crippen LogP contribution in [0.15, 0.2) is 11.4 Å². The number of thiophene rings is 1. The number of carbonyl (C=O) groups excluding carboxylic acids is 1. The molecule has 1 aliphatic rings. The summed E-state index contributed by atoms with van der Waals surface area (Å²) in [4.78, 5) is 15.5. The van der Waals surface area contributed by atoms with E-state index in [4.69, 9.17) is 0 Å². The van der Waals surface area contributed by atoms with Gasteiger partial charge in [0.25, 0.3) is 5.91 Å².